The van der Waals surface area contributed by atoms with E-state index < -0.39 is 0 Å². The van der Waals surface area contributed by atoms with E-state index in [1.54, 1.807) is 6.07 Å². The topological polar surface area (TPSA) is 59.2 Å². The number of halogens is 1. The maximum absolute atomic E-state index is 12.4. The Balaban J connectivity index is 1.57. The second kappa shape index (κ2) is 8.53. The molecule has 0 atom stereocenters. The van der Waals surface area contributed by atoms with E-state index in [1.165, 1.54) is 31.0 Å². The third-order valence-electron chi connectivity index (χ3n) is 4.04. The van der Waals surface area contributed by atoms with Crippen molar-refractivity contribution in [2.24, 2.45) is 0 Å². The van der Waals surface area contributed by atoms with E-state index in [-0.39, 0.29) is 5.91 Å². The fraction of sp³-hybridized carbons (Fsp3) is 0.471. The summed E-state index contributed by atoms with van der Waals surface area (Å²) in [6.45, 7) is 1.71. The van der Waals surface area contributed by atoms with Crippen molar-refractivity contribution in [2.75, 3.05) is 18.8 Å². The molecule has 3 rings (SSSR count). The van der Waals surface area contributed by atoms with Crippen molar-refractivity contribution in [3.63, 3.8) is 0 Å². The lowest BCUT2D eigenvalue weighted by Crippen LogP contribution is -2.35. The van der Waals surface area contributed by atoms with Gasteiger partial charge in [0.2, 0.25) is 11.8 Å². The lowest BCUT2D eigenvalue weighted by atomic mass is 10.1. The summed E-state index contributed by atoms with van der Waals surface area (Å²) < 4.78 is 5.62. The summed E-state index contributed by atoms with van der Waals surface area (Å²) in [5.41, 5.74) is 0.702. The Morgan fingerprint density at radius 1 is 1.12 bits per heavy atom. The summed E-state index contributed by atoms with van der Waals surface area (Å²) in [6.07, 6.45) is 5.88. The van der Waals surface area contributed by atoms with Gasteiger partial charge in [0.25, 0.3) is 5.22 Å². The van der Waals surface area contributed by atoms with Gasteiger partial charge in [0.1, 0.15) is 0 Å². The molecule has 1 aromatic carbocycles. The molecule has 1 fully saturated rings. The van der Waals surface area contributed by atoms with E-state index in [2.05, 4.69) is 10.2 Å². The largest absolute Gasteiger partial charge is 0.411 e. The van der Waals surface area contributed by atoms with Crippen LogP contribution in [0, 0.1) is 0 Å². The monoisotopic (exact) mass is 365 g/mol. The number of carbonyl (C=O) groups is 1. The molecule has 0 radical (unpaired) electrons. The molecule has 1 aromatic heterocycles. The summed E-state index contributed by atoms with van der Waals surface area (Å²) in [7, 11) is 0. The van der Waals surface area contributed by atoms with Crippen molar-refractivity contribution in [1.82, 2.24) is 15.1 Å². The maximum atomic E-state index is 12.4. The highest BCUT2D eigenvalue weighted by Crippen LogP contribution is 2.28. The number of hydrogen-bond acceptors (Lipinski definition) is 5. The molecule has 1 amide bonds. The van der Waals surface area contributed by atoms with Crippen molar-refractivity contribution in [2.45, 2.75) is 37.3 Å². The Morgan fingerprint density at radius 3 is 2.58 bits per heavy atom. The SMILES string of the molecule is O=C(CSc1nnc(-c2ccccc2Cl)o1)N1CCCCCCC1. The predicted molar refractivity (Wildman–Crippen MR) is 95.1 cm³/mol. The molecule has 2 heterocycles. The van der Waals surface area contributed by atoms with Crippen LogP contribution in [-0.4, -0.2) is 39.8 Å². The molecule has 1 saturated heterocycles. The first-order valence-electron chi connectivity index (χ1n) is 8.23. The van der Waals surface area contributed by atoms with E-state index in [4.69, 9.17) is 16.0 Å². The number of hydrogen-bond donors (Lipinski definition) is 0. The molecule has 128 valence electrons. The molecule has 2 aromatic rings. The van der Waals surface area contributed by atoms with Crippen LogP contribution in [0.2, 0.25) is 5.02 Å². The Labute approximate surface area is 150 Å². The van der Waals surface area contributed by atoms with Crippen LogP contribution in [0.15, 0.2) is 33.9 Å². The molecular weight excluding hydrogens is 346 g/mol. The Morgan fingerprint density at radius 2 is 1.83 bits per heavy atom. The third kappa shape index (κ3) is 4.51. The number of thioether (sulfide) groups is 1. The van der Waals surface area contributed by atoms with Gasteiger partial charge in [-0.2, -0.15) is 0 Å². The van der Waals surface area contributed by atoms with Gasteiger partial charge in [0.15, 0.2) is 0 Å². The van der Waals surface area contributed by atoms with Gasteiger partial charge in [-0.05, 0) is 25.0 Å². The fourth-order valence-corrected chi connectivity index (χ4v) is 3.61. The summed E-state index contributed by atoms with van der Waals surface area (Å²) in [5, 5.41) is 8.98. The lowest BCUT2D eigenvalue weighted by Gasteiger charge is -2.24. The zero-order valence-electron chi connectivity index (χ0n) is 13.4. The molecule has 5 nitrogen and oxygen atoms in total. The van der Waals surface area contributed by atoms with Crippen molar-refractivity contribution in [3.05, 3.63) is 29.3 Å². The molecule has 0 spiro atoms. The molecule has 7 heteroatoms. The van der Waals surface area contributed by atoms with E-state index in [0.29, 0.717) is 27.5 Å². The van der Waals surface area contributed by atoms with E-state index in [0.717, 1.165) is 25.9 Å². The van der Waals surface area contributed by atoms with Crippen molar-refractivity contribution in [1.29, 1.82) is 0 Å². The quantitative estimate of drug-likeness (QED) is 0.757. The van der Waals surface area contributed by atoms with Crippen LogP contribution in [0.25, 0.3) is 11.5 Å². The smallest absolute Gasteiger partial charge is 0.277 e. The molecule has 0 unspecified atom stereocenters. The minimum Gasteiger partial charge on any atom is -0.411 e. The average molecular weight is 366 g/mol. The minimum absolute atomic E-state index is 0.138. The van der Waals surface area contributed by atoms with Gasteiger partial charge in [-0.15, -0.1) is 10.2 Å². The molecule has 0 saturated carbocycles. The van der Waals surface area contributed by atoms with Gasteiger partial charge >= 0.3 is 0 Å². The number of nitrogens with zero attached hydrogens (tertiary/aromatic N) is 3. The minimum atomic E-state index is 0.138. The third-order valence-corrected chi connectivity index (χ3v) is 5.17. The van der Waals surface area contributed by atoms with Gasteiger partial charge in [0.05, 0.1) is 16.3 Å². The van der Waals surface area contributed by atoms with Crippen LogP contribution in [-0.2, 0) is 4.79 Å². The molecule has 1 aliphatic heterocycles. The van der Waals surface area contributed by atoms with Crippen molar-refractivity contribution >= 4 is 29.3 Å². The highest BCUT2D eigenvalue weighted by Gasteiger charge is 2.17. The van der Waals surface area contributed by atoms with E-state index in [1.807, 2.05) is 23.1 Å². The average Bonchev–Trinajstić information content (AvgIpc) is 3.01. The zero-order valence-corrected chi connectivity index (χ0v) is 15.0. The number of benzene rings is 1. The molecule has 24 heavy (non-hydrogen) atoms. The first-order valence-corrected chi connectivity index (χ1v) is 9.59. The van der Waals surface area contributed by atoms with Crippen LogP contribution in [0.5, 0.6) is 0 Å². The van der Waals surface area contributed by atoms with Crippen molar-refractivity contribution < 1.29 is 9.21 Å². The highest BCUT2D eigenvalue weighted by atomic mass is 35.5. The van der Waals surface area contributed by atoms with Gasteiger partial charge in [-0.25, -0.2) is 0 Å². The summed E-state index contributed by atoms with van der Waals surface area (Å²) in [6, 6.07) is 7.32. The number of amides is 1. The van der Waals surface area contributed by atoms with E-state index in [9.17, 15) is 4.79 Å². The normalized spacial score (nSPS) is 15.8. The van der Waals surface area contributed by atoms with Crippen LogP contribution in [0.1, 0.15) is 32.1 Å². The van der Waals surface area contributed by atoms with Crippen LogP contribution < -0.4 is 0 Å². The van der Waals surface area contributed by atoms with E-state index >= 15 is 0 Å². The van der Waals surface area contributed by atoms with Gasteiger partial charge < -0.3 is 9.32 Å². The standard InChI is InChI=1S/C17H20ClN3O2S/c18-14-9-5-4-8-13(14)16-19-20-17(23-16)24-12-15(22)21-10-6-2-1-3-7-11-21/h4-5,8-9H,1-3,6-7,10-12H2. The molecule has 0 N–H and O–H groups in total. The number of carbonyl (C=O) groups excluding carboxylic acids is 1. The van der Waals surface area contributed by atoms with Gasteiger partial charge in [0, 0.05) is 13.1 Å². The summed E-state index contributed by atoms with van der Waals surface area (Å²) in [5.74, 6) is 0.839. The van der Waals surface area contributed by atoms with Gasteiger partial charge in [-0.3, -0.25) is 4.79 Å². The predicted octanol–water partition coefficient (Wildman–Crippen LogP) is 4.27. The first kappa shape index (κ1) is 17.3. The number of likely N-dealkylation sites (tertiary alicyclic amines) is 1. The first-order chi connectivity index (χ1) is 11.7. The van der Waals surface area contributed by atoms with Gasteiger partial charge in [-0.1, -0.05) is 54.8 Å². The van der Waals surface area contributed by atoms with Crippen LogP contribution in [0.3, 0.4) is 0 Å². The zero-order chi connectivity index (χ0) is 16.8. The molecular formula is C17H20ClN3O2S. The van der Waals surface area contributed by atoms with Crippen LogP contribution >= 0.6 is 23.4 Å². The lowest BCUT2D eigenvalue weighted by molar-refractivity contribution is -0.128. The number of rotatable bonds is 4. The van der Waals surface area contributed by atoms with Crippen molar-refractivity contribution in [3.8, 4) is 11.5 Å². The molecule has 1 aliphatic rings. The highest BCUT2D eigenvalue weighted by molar-refractivity contribution is 7.99. The Hall–Kier alpha value is -1.53. The Kier molecular flexibility index (Phi) is 6.15. The fourth-order valence-electron chi connectivity index (χ4n) is 2.72. The summed E-state index contributed by atoms with van der Waals surface area (Å²) >= 11 is 7.41. The summed E-state index contributed by atoms with van der Waals surface area (Å²) in [4.78, 5) is 14.3. The second-order valence-corrected chi connectivity index (χ2v) is 7.12. The second-order valence-electron chi connectivity index (χ2n) is 5.79. The molecule has 0 aliphatic carbocycles. The maximum Gasteiger partial charge on any atom is 0.277 e. The Bertz CT molecular complexity index is 684. The van der Waals surface area contributed by atoms with Crippen LogP contribution in [0.4, 0.5) is 0 Å². The number of aromatic nitrogens is 2. The molecule has 0 bridgehead atoms.